The zero-order chi connectivity index (χ0) is 30.8. The van der Waals surface area contributed by atoms with E-state index >= 15 is 0 Å². The third kappa shape index (κ3) is 10.4. The van der Waals surface area contributed by atoms with Crippen LogP contribution in [0.3, 0.4) is 0 Å². The number of aliphatic hydroxyl groups is 1. The summed E-state index contributed by atoms with van der Waals surface area (Å²) in [6, 6.07) is 24.1. The van der Waals surface area contributed by atoms with Gasteiger partial charge in [-0.05, 0) is 42.3 Å². The van der Waals surface area contributed by atoms with Gasteiger partial charge in [-0.2, -0.15) is 0 Å². The lowest BCUT2D eigenvalue weighted by molar-refractivity contribution is -0.210. The Balaban J connectivity index is 1.65. The van der Waals surface area contributed by atoms with Gasteiger partial charge in [-0.1, -0.05) is 107 Å². The standard InChI is InChI=1S/C31H34Cl3NO7S/c1-20-8-14-24(15-9-20)43-29-26(35-30(37)41-19-31(32,33)34)28(40-18-22-10-12-23(38-2)13-11-22)27(25(16-36)42-29)39-17-21-6-4-3-5-7-21/h3-15,25-29,36H,16-19H2,1-2H3,(H,35,37)/t25-,26-,27-,28-,29+/m1/s1. The molecule has 3 aromatic carbocycles. The van der Waals surface area contributed by atoms with Gasteiger partial charge in [0.05, 0.1) is 33.0 Å². The first-order chi connectivity index (χ1) is 20.6. The normalized spacial score (nSPS) is 22.1. The van der Waals surface area contributed by atoms with Crippen LogP contribution in [0.15, 0.2) is 83.8 Å². The number of rotatable bonds is 12. The van der Waals surface area contributed by atoms with Gasteiger partial charge in [0, 0.05) is 4.90 Å². The SMILES string of the molecule is COc1ccc(CO[C@@H]2[C@@H](NC(=O)OCC(Cl)(Cl)Cl)[C@H](Sc3ccc(C)cc3)O[C@H](CO)[C@H]2OCc2ccccc2)cc1. The molecule has 4 rings (SSSR count). The van der Waals surface area contributed by atoms with E-state index in [4.69, 9.17) is 58.5 Å². The summed E-state index contributed by atoms with van der Waals surface area (Å²) in [5.41, 5.74) is 2.20. The van der Waals surface area contributed by atoms with E-state index < -0.39 is 46.3 Å². The van der Waals surface area contributed by atoms with E-state index in [9.17, 15) is 9.90 Å². The molecule has 1 saturated heterocycles. The second-order valence-corrected chi connectivity index (χ2v) is 13.6. The molecule has 2 N–H and O–H groups in total. The molecule has 0 bridgehead atoms. The van der Waals surface area contributed by atoms with Gasteiger partial charge >= 0.3 is 6.09 Å². The van der Waals surface area contributed by atoms with Gasteiger partial charge < -0.3 is 34.1 Å². The van der Waals surface area contributed by atoms with Crippen molar-refractivity contribution >= 4 is 52.7 Å². The number of nitrogens with one attached hydrogen (secondary N) is 1. The summed E-state index contributed by atoms with van der Waals surface area (Å²) >= 11 is 18.8. The molecule has 1 heterocycles. The van der Waals surface area contributed by atoms with Crippen LogP contribution in [0.1, 0.15) is 16.7 Å². The number of carbonyl (C=O) groups excluding carboxylic acids is 1. The lowest BCUT2D eigenvalue weighted by Gasteiger charge is -2.46. The number of thioether (sulfide) groups is 1. The largest absolute Gasteiger partial charge is 0.497 e. The lowest BCUT2D eigenvalue weighted by Crippen LogP contribution is -2.64. The predicted molar refractivity (Wildman–Crippen MR) is 168 cm³/mol. The molecule has 0 unspecified atom stereocenters. The number of aryl methyl sites for hydroxylation is 1. The third-order valence-corrected chi connectivity index (χ3v) is 8.15. The Bertz CT molecular complexity index is 1280. The van der Waals surface area contributed by atoms with Crippen LogP contribution < -0.4 is 10.1 Å². The third-order valence-electron chi connectivity index (χ3n) is 6.64. The van der Waals surface area contributed by atoms with Crippen LogP contribution in [-0.4, -0.2) is 65.1 Å². The van der Waals surface area contributed by atoms with Crippen LogP contribution in [0, 0.1) is 6.92 Å². The first-order valence-corrected chi connectivity index (χ1v) is 15.6. The average molecular weight is 671 g/mol. The highest BCUT2D eigenvalue weighted by Gasteiger charge is 2.48. The van der Waals surface area contributed by atoms with E-state index in [0.717, 1.165) is 21.6 Å². The summed E-state index contributed by atoms with van der Waals surface area (Å²) in [6.07, 6.45) is -3.13. The zero-order valence-corrected chi connectivity index (χ0v) is 26.7. The average Bonchev–Trinajstić information content (AvgIpc) is 3.00. The zero-order valence-electron chi connectivity index (χ0n) is 23.7. The summed E-state index contributed by atoms with van der Waals surface area (Å²) < 4.78 is 27.9. The lowest BCUT2D eigenvalue weighted by atomic mass is 9.97. The highest BCUT2D eigenvalue weighted by Crippen LogP contribution is 2.37. The van der Waals surface area contributed by atoms with Crippen molar-refractivity contribution in [2.45, 2.75) is 58.6 Å². The number of halogens is 3. The molecule has 0 aromatic heterocycles. The molecule has 0 radical (unpaired) electrons. The highest BCUT2D eigenvalue weighted by atomic mass is 35.6. The number of alkyl halides is 3. The quantitative estimate of drug-likeness (QED) is 0.213. The fraction of sp³-hybridized carbons (Fsp3) is 0.387. The molecule has 8 nitrogen and oxygen atoms in total. The Morgan fingerprint density at radius 3 is 2.16 bits per heavy atom. The number of carbonyl (C=O) groups is 1. The first-order valence-electron chi connectivity index (χ1n) is 13.5. The first kappa shape index (κ1) is 33.7. The minimum atomic E-state index is -1.79. The van der Waals surface area contributed by atoms with E-state index in [2.05, 4.69) is 5.32 Å². The van der Waals surface area contributed by atoms with Crippen molar-refractivity contribution in [2.24, 2.45) is 0 Å². The minimum Gasteiger partial charge on any atom is -0.497 e. The van der Waals surface area contributed by atoms with Crippen LogP contribution in [0.5, 0.6) is 5.75 Å². The molecule has 0 saturated carbocycles. The Hall–Kier alpha value is -2.21. The van der Waals surface area contributed by atoms with Gasteiger partial charge in [0.1, 0.15) is 36.1 Å². The predicted octanol–water partition coefficient (Wildman–Crippen LogP) is 6.45. The van der Waals surface area contributed by atoms with E-state index in [1.807, 2.05) is 85.8 Å². The second kappa shape index (κ2) is 16.2. The maximum absolute atomic E-state index is 13.0. The summed E-state index contributed by atoms with van der Waals surface area (Å²) in [7, 11) is 1.60. The molecule has 1 aliphatic rings. The van der Waals surface area contributed by atoms with Crippen LogP contribution in [0.2, 0.25) is 0 Å². The summed E-state index contributed by atoms with van der Waals surface area (Å²) in [5, 5.41) is 13.3. The Morgan fingerprint density at radius 1 is 0.930 bits per heavy atom. The van der Waals surface area contributed by atoms with Crippen molar-refractivity contribution in [1.82, 2.24) is 5.32 Å². The van der Waals surface area contributed by atoms with Crippen LogP contribution >= 0.6 is 46.6 Å². The Morgan fingerprint density at radius 2 is 1.56 bits per heavy atom. The maximum atomic E-state index is 13.0. The van der Waals surface area contributed by atoms with Crippen LogP contribution in [0.4, 0.5) is 4.79 Å². The maximum Gasteiger partial charge on any atom is 0.407 e. The molecular weight excluding hydrogens is 637 g/mol. The van der Waals surface area contributed by atoms with Crippen molar-refractivity contribution in [2.75, 3.05) is 20.3 Å². The van der Waals surface area contributed by atoms with E-state index in [1.54, 1.807) is 7.11 Å². The summed E-state index contributed by atoms with van der Waals surface area (Å²) in [6.45, 7) is 1.61. The Kier molecular flexibility index (Phi) is 12.7. The molecular formula is C31H34Cl3NO7S. The molecule has 232 valence electrons. The number of ether oxygens (including phenoxy) is 5. The van der Waals surface area contributed by atoms with Crippen LogP contribution in [-0.2, 0) is 32.2 Å². The van der Waals surface area contributed by atoms with E-state index in [0.29, 0.717) is 5.75 Å². The highest BCUT2D eigenvalue weighted by molar-refractivity contribution is 7.99. The molecule has 1 fully saturated rings. The van der Waals surface area contributed by atoms with E-state index in [-0.39, 0.29) is 19.8 Å². The van der Waals surface area contributed by atoms with Gasteiger partial charge in [-0.15, -0.1) is 0 Å². The number of hydrogen-bond donors (Lipinski definition) is 2. The molecule has 43 heavy (non-hydrogen) atoms. The van der Waals surface area contributed by atoms with Crippen molar-refractivity contribution < 1.29 is 33.6 Å². The molecule has 5 atom stereocenters. The second-order valence-electron chi connectivity index (χ2n) is 9.90. The molecule has 1 amide bonds. The number of methoxy groups -OCH3 is 1. The van der Waals surface area contributed by atoms with Crippen molar-refractivity contribution in [1.29, 1.82) is 0 Å². The topological polar surface area (TPSA) is 95.5 Å². The number of hydrogen-bond acceptors (Lipinski definition) is 8. The molecule has 0 spiro atoms. The Labute approximate surface area is 270 Å². The fourth-order valence-corrected chi connectivity index (χ4v) is 5.75. The van der Waals surface area contributed by atoms with Crippen LogP contribution in [0.25, 0.3) is 0 Å². The molecule has 0 aliphatic carbocycles. The fourth-order valence-electron chi connectivity index (χ4n) is 4.46. The summed E-state index contributed by atoms with van der Waals surface area (Å²) in [4.78, 5) is 13.9. The van der Waals surface area contributed by atoms with Crippen molar-refractivity contribution in [3.05, 3.63) is 95.6 Å². The minimum absolute atomic E-state index is 0.182. The van der Waals surface area contributed by atoms with Crippen molar-refractivity contribution in [3.63, 3.8) is 0 Å². The number of alkyl carbamates (subject to hydrolysis) is 1. The summed E-state index contributed by atoms with van der Waals surface area (Å²) in [5.74, 6) is 0.713. The van der Waals surface area contributed by atoms with Crippen molar-refractivity contribution in [3.8, 4) is 5.75 Å². The molecule has 12 heteroatoms. The van der Waals surface area contributed by atoms with Gasteiger partial charge in [-0.25, -0.2) is 4.79 Å². The van der Waals surface area contributed by atoms with Gasteiger partial charge in [0.25, 0.3) is 0 Å². The smallest absolute Gasteiger partial charge is 0.407 e. The monoisotopic (exact) mass is 669 g/mol. The van der Waals surface area contributed by atoms with Gasteiger partial charge in [0.15, 0.2) is 0 Å². The number of aliphatic hydroxyl groups excluding tert-OH is 1. The van der Waals surface area contributed by atoms with E-state index in [1.165, 1.54) is 11.8 Å². The van der Waals surface area contributed by atoms with Gasteiger partial charge in [-0.3, -0.25) is 0 Å². The van der Waals surface area contributed by atoms with Gasteiger partial charge in [0.2, 0.25) is 3.79 Å². The molecule has 1 aliphatic heterocycles. The molecule has 3 aromatic rings. The number of amides is 1. The number of benzene rings is 3.